The topological polar surface area (TPSA) is 46.4 Å². The van der Waals surface area contributed by atoms with Gasteiger partial charge in [0.1, 0.15) is 0 Å². The summed E-state index contributed by atoms with van der Waals surface area (Å²) in [5.74, 6) is 0. The maximum atomic E-state index is 10.9. The van der Waals surface area contributed by atoms with E-state index in [-0.39, 0.29) is 16.7 Å². The lowest BCUT2D eigenvalue weighted by molar-refractivity contribution is -0.385. The summed E-state index contributed by atoms with van der Waals surface area (Å²) in [4.78, 5) is 12.5. The van der Waals surface area contributed by atoms with E-state index in [4.69, 9.17) is 11.6 Å². The quantitative estimate of drug-likeness (QED) is 0.398. The fourth-order valence-corrected chi connectivity index (χ4v) is 3.10. The lowest BCUT2D eigenvalue weighted by Gasteiger charge is -2.28. The van der Waals surface area contributed by atoms with Crippen molar-refractivity contribution in [2.45, 2.75) is 13.0 Å². The standard InChI is InChI=1S/C15H14ClIN2O2/c1-10(12-5-3-4-6-13(12)16)18(2)11-7-8-15(19(20)21)14(17)9-11/h3-10H,1-2H3. The molecule has 1 unspecified atom stereocenters. The summed E-state index contributed by atoms with van der Waals surface area (Å²) in [6.07, 6.45) is 0. The Hall–Kier alpha value is -1.34. The van der Waals surface area contributed by atoms with Crippen LogP contribution in [0, 0.1) is 13.7 Å². The molecule has 110 valence electrons. The predicted octanol–water partition coefficient (Wildman–Crippen LogP) is 5.05. The van der Waals surface area contributed by atoms with E-state index < -0.39 is 0 Å². The zero-order valence-electron chi connectivity index (χ0n) is 11.6. The van der Waals surface area contributed by atoms with Crippen molar-refractivity contribution >= 4 is 45.6 Å². The van der Waals surface area contributed by atoms with Crippen LogP contribution in [0.4, 0.5) is 11.4 Å². The van der Waals surface area contributed by atoms with Crippen LogP contribution in [0.5, 0.6) is 0 Å². The van der Waals surface area contributed by atoms with Crippen LogP contribution in [0.3, 0.4) is 0 Å². The van der Waals surface area contributed by atoms with Gasteiger partial charge in [-0.05, 0) is 53.3 Å². The molecule has 6 heteroatoms. The van der Waals surface area contributed by atoms with Crippen molar-refractivity contribution < 1.29 is 4.92 Å². The van der Waals surface area contributed by atoms with Crippen molar-refractivity contribution in [3.63, 3.8) is 0 Å². The van der Waals surface area contributed by atoms with Gasteiger partial charge >= 0.3 is 0 Å². The molecule has 0 aliphatic carbocycles. The smallest absolute Gasteiger partial charge is 0.282 e. The Bertz CT molecular complexity index is 678. The van der Waals surface area contributed by atoms with Crippen LogP contribution in [0.1, 0.15) is 18.5 Å². The Kier molecular flexibility index (Phi) is 5.05. The van der Waals surface area contributed by atoms with Crippen molar-refractivity contribution in [1.82, 2.24) is 0 Å². The molecular formula is C15H14ClIN2O2. The first-order valence-electron chi connectivity index (χ1n) is 6.33. The summed E-state index contributed by atoms with van der Waals surface area (Å²) in [5, 5.41) is 11.6. The molecule has 0 bridgehead atoms. The predicted molar refractivity (Wildman–Crippen MR) is 94.1 cm³/mol. The van der Waals surface area contributed by atoms with Crippen LogP contribution in [0.15, 0.2) is 42.5 Å². The number of halogens is 2. The molecule has 0 radical (unpaired) electrons. The molecule has 0 amide bonds. The van der Waals surface area contributed by atoms with Gasteiger partial charge in [0.2, 0.25) is 0 Å². The number of rotatable bonds is 4. The molecule has 0 saturated carbocycles. The number of nitro benzene ring substituents is 1. The number of hydrogen-bond acceptors (Lipinski definition) is 3. The summed E-state index contributed by atoms with van der Waals surface area (Å²) in [6.45, 7) is 2.05. The Morgan fingerprint density at radius 3 is 2.52 bits per heavy atom. The molecule has 0 aliphatic heterocycles. The molecule has 2 aromatic carbocycles. The van der Waals surface area contributed by atoms with Crippen LogP contribution in [-0.4, -0.2) is 12.0 Å². The van der Waals surface area contributed by atoms with Crippen molar-refractivity contribution in [2.24, 2.45) is 0 Å². The number of nitrogens with zero attached hydrogens (tertiary/aromatic N) is 2. The number of hydrogen-bond donors (Lipinski definition) is 0. The number of nitro groups is 1. The Morgan fingerprint density at radius 2 is 1.95 bits per heavy atom. The van der Waals surface area contributed by atoms with E-state index in [0.29, 0.717) is 8.59 Å². The molecule has 2 rings (SSSR count). The van der Waals surface area contributed by atoms with E-state index in [1.54, 1.807) is 6.07 Å². The molecule has 0 heterocycles. The second-order valence-electron chi connectivity index (χ2n) is 4.70. The van der Waals surface area contributed by atoms with E-state index in [2.05, 4.69) is 6.92 Å². The monoisotopic (exact) mass is 416 g/mol. The van der Waals surface area contributed by atoms with Gasteiger partial charge in [-0.15, -0.1) is 0 Å². The maximum Gasteiger partial charge on any atom is 0.282 e. The molecule has 0 aliphatic rings. The van der Waals surface area contributed by atoms with Gasteiger partial charge in [0.05, 0.1) is 14.5 Å². The second-order valence-corrected chi connectivity index (χ2v) is 6.27. The van der Waals surface area contributed by atoms with Crippen molar-refractivity contribution in [1.29, 1.82) is 0 Å². The van der Waals surface area contributed by atoms with Crippen molar-refractivity contribution in [3.8, 4) is 0 Å². The zero-order chi connectivity index (χ0) is 15.6. The van der Waals surface area contributed by atoms with Gasteiger partial charge in [-0.1, -0.05) is 29.8 Å². The first kappa shape index (κ1) is 16.0. The molecule has 21 heavy (non-hydrogen) atoms. The molecule has 0 aromatic heterocycles. The largest absolute Gasteiger partial charge is 0.368 e. The Labute approximate surface area is 142 Å². The van der Waals surface area contributed by atoms with Gasteiger partial charge in [-0.3, -0.25) is 10.1 Å². The van der Waals surface area contributed by atoms with Gasteiger partial charge in [0, 0.05) is 23.8 Å². The van der Waals surface area contributed by atoms with E-state index >= 15 is 0 Å². The van der Waals surface area contributed by atoms with Gasteiger partial charge in [-0.2, -0.15) is 0 Å². The Morgan fingerprint density at radius 1 is 1.29 bits per heavy atom. The summed E-state index contributed by atoms with van der Waals surface area (Å²) in [7, 11) is 1.95. The highest BCUT2D eigenvalue weighted by Gasteiger charge is 2.18. The third kappa shape index (κ3) is 3.47. The van der Waals surface area contributed by atoms with Crippen LogP contribution in [0.25, 0.3) is 0 Å². The van der Waals surface area contributed by atoms with Gasteiger partial charge in [0.25, 0.3) is 5.69 Å². The van der Waals surface area contributed by atoms with Crippen LogP contribution < -0.4 is 4.90 Å². The Balaban J connectivity index is 2.32. The van der Waals surface area contributed by atoms with Crippen molar-refractivity contribution in [3.05, 3.63) is 66.7 Å². The fourth-order valence-electron chi connectivity index (χ4n) is 2.11. The summed E-state index contributed by atoms with van der Waals surface area (Å²) < 4.78 is 0.619. The van der Waals surface area contributed by atoms with E-state index in [1.165, 1.54) is 6.07 Å². The average Bonchev–Trinajstić information content (AvgIpc) is 2.45. The summed E-state index contributed by atoms with van der Waals surface area (Å²) in [6, 6.07) is 12.9. The zero-order valence-corrected chi connectivity index (χ0v) is 14.5. The van der Waals surface area contributed by atoms with E-state index in [9.17, 15) is 10.1 Å². The van der Waals surface area contributed by atoms with Crippen LogP contribution in [-0.2, 0) is 0 Å². The van der Waals surface area contributed by atoms with Crippen LogP contribution in [0.2, 0.25) is 5.02 Å². The molecule has 0 fully saturated rings. The molecule has 0 N–H and O–H groups in total. The summed E-state index contributed by atoms with van der Waals surface area (Å²) >= 11 is 8.22. The normalized spacial score (nSPS) is 12.0. The number of benzene rings is 2. The highest BCUT2D eigenvalue weighted by atomic mass is 127. The fraction of sp³-hybridized carbons (Fsp3) is 0.200. The lowest BCUT2D eigenvalue weighted by Crippen LogP contribution is -2.22. The maximum absolute atomic E-state index is 10.9. The lowest BCUT2D eigenvalue weighted by atomic mass is 10.1. The highest BCUT2D eigenvalue weighted by Crippen LogP contribution is 2.32. The molecular weight excluding hydrogens is 403 g/mol. The minimum atomic E-state index is -0.372. The van der Waals surface area contributed by atoms with Gasteiger partial charge in [0.15, 0.2) is 0 Å². The summed E-state index contributed by atoms with van der Waals surface area (Å²) in [5.41, 5.74) is 2.06. The van der Waals surface area contributed by atoms with E-state index in [1.807, 2.05) is 64.9 Å². The second kappa shape index (κ2) is 6.62. The molecule has 1 atom stereocenters. The third-order valence-corrected chi connectivity index (χ3v) is 4.68. The van der Waals surface area contributed by atoms with Gasteiger partial charge < -0.3 is 4.90 Å². The molecule has 2 aromatic rings. The van der Waals surface area contributed by atoms with Gasteiger partial charge in [-0.25, -0.2) is 0 Å². The number of anilines is 1. The molecule has 4 nitrogen and oxygen atoms in total. The first-order chi connectivity index (χ1) is 9.91. The van der Waals surface area contributed by atoms with E-state index in [0.717, 1.165) is 11.3 Å². The third-order valence-electron chi connectivity index (χ3n) is 3.47. The molecule has 0 spiro atoms. The minimum absolute atomic E-state index is 0.0657. The van der Waals surface area contributed by atoms with Crippen molar-refractivity contribution in [2.75, 3.05) is 11.9 Å². The molecule has 0 saturated heterocycles. The minimum Gasteiger partial charge on any atom is -0.368 e. The van der Waals surface area contributed by atoms with Crippen LogP contribution >= 0.6 is 34.2 Å². The average molecular weight is 417 g/mol. The SMILES string of the molecule is CC(c1ccccc1Cl)N(C)c1ccc([N+](=O)[O-])c(I)c1. The highest BCUT2D eigenvalue weighted by molar-refractivity contribution is 14.1. The first-order valence-corrected chi connectivity index (χ1v) is 7.78.